The molecule has 1 aliphatic rings. The van der Waals surface area contributed by atoms with Crippen molar-refractivity contribution >= 4 is 27.3 Å². The second-order valence-electron chi connectivity index (χ2n) is 8.27. The van der Waals surface area contributed by atoms with Crippen molar-refractivity contribution in [3.63, 3.8) is 0 Å². The normalized spacial score (nSPS) is 20.0. The zero-order valence-electron chi connectivity index (χ0n) is 15.4. The summed E-state index contributed by atoms with van der Waals surface area (Å²) in [6, 6.07) is 6.98. The molecular weight excluding hydrogens is 342 g/mol. The van der Waals surface area contributed by atoms with Crippen LogP contribution in [0.3, 0.4) is 0 Å². The largest absolute Gasteiger partial charge is 0.508 e. The first-order valence-corrected chi connectivity index (χ1v) is 10.8. The van der Waals surface area contributed by atoms with Crippen LogP contribution in [0.4, 0.5) is 0 Å². The number of hydrogen-bond donors (Lipinski definition) is 1. The molecular formula is C18H27NO3S2. The van der Waals surface area contributed by atoms with Crippen LogP contribution in [0, 0.1) is 5.41 Å². The van der Waals surface area contributed by atoms with Crippen LogP contribution in [-0.2, 0) is 9.84 Å². The van der Waals surface area contributed by atoms with E-state index in [-0.39, 0.29) is 16.7 Å². The van der Waals surface area contributed by atoms with Crippen LogP contribution in [0.5, 0.6) is 5.75 Å². The summed E-state index contributed by atoms with van der Waals surface area (Å²) in [5.41, 5.74) is 1.32. The van der Waals surface area contributed by atoms with Gasteiger partial charge in [-0.15, -0.1) is 0 Å². The van der Waals surface area contributed by atoms with Crippen molar-refractivity contribution in [3.05, 3.63) is 34.7 Å². The van der Waals surface area contributed by atoms with E-state index in [2.05, 4.69) is 20.8 Å². The van der Waals surface area contributed by atoms with E-state index in [1.807, 2.05) is 37.8 Å². The molecule has 0 bridgehead atoms. The molecule has 1 N–H and O–H groups in total. The topological polar surface area (TPSA) is 57.6 Å². The van der Waals surface area contributed by atoms with Gasteiger partial charge in [-0.05, 0) is 56.0 Å². The third-order valence-corrected chi connectivity index (χ3v) is 7.53. The van der Waals surface area contributed by atoms with Gasteiger partial charge in [-0.2, -0.15) is 0 Å². The van der Waals surface area contributed by atoms with Crippen LogP contribution in [0.2, 0.25) is 0 Å². The smallest absolute Gasteiger partial charge is 0.183 e. The molecule has 1 heterocycles. The minimum Gasteiger partial charge on any atom is -0.508 e. The van der Waals surface area contributed by atoms with Crippen molar-refractivity contribution in [2.45, 2.75) is 51.8 Å². The monoisotopic (exact) mass is 369 g/mol. The molecule has 1 aromatic carbocycles. The van der Waals surface area contributed by atoms with Crippen LogP contribution < -0.4 is 0 Å². The predicted octanol–water partition coefficient (Wildman–Crippen LogP) is 4.28. The highest BCUT2D eigenvalue weighted by Crippen LogP contribution is 2.54. The molecule has 4 nitrogen and oxygen atoms in total. The highest BCUT2D eigenvalue weighted by molar-refractivity contribution is 8.15. The van der Waals surface area contributed by atoms with Crippen molar-refractivity contribution in [2.75, 3.05) is 6.26 Å². The van der Waals surface area contributed by atoms with Gasteiger partial charge in [0.25, 0.3) is 0 Å². The summed E-state index contributed by atoms with van der Waals surface area (Å²) >= 11 is 1.42. The number of aromatic hydroxyl groups is 1. The summed E-state index contributed by atoms with van der Waals surface area (Å²) in [5, 5.41) is 9.60. The maximum atomic E-state index is 12.5. The number of hydrogen-bond acceptors (Lipinski definition) is 5. The average Bonchev–Trinajstić information content (AvgIpc) is 2.79. The number of sulfone groups is 1. The van der Waals surface area contributed by atoms with Crippen molar-refractivity contribution in [1.29, 1.82) is 0 Å². The lowest BCUT2D eigenvalue weighted by atomic mass is 9.91. The summed E-state index contributed by atoms with van der Waals surface area (Å²) in [5.74, 6) is 0.198. The molecule has 0 saturated heterocycles. The van der Waals surface area contributed by atoms with E-state index in [1.54, 1.807) is 12.1 Å². The lowest BCUT2D eigenvalue weighted by Crippen LogP contribution is -2.46. The first-order valence-electron chi connectivity index (χ1n) is 7.92. The molecule has 0 saturated carbocycles. The molecule has 134 valence electrons. The molecule has 2 rings (SSSR count). The second-order valence-corrected chi connectivity index (χ2v) is 11.8. The zero-order valence-corrected chi connectivity index (χ0v) is 17.0. The third kappa shape index (κ3) is 3.75. The fourth-order valence-corrected chi connectivity index (χ4v) is 5.98. The number of phenols is 1. The van der Waals surface area contributed by atoms with Gasteiger partial charge in [-0.1, -0.05) is 32.5 Å². The SMILES string of the molecule is CC(C)(C)C1=C(c2ccc(O)cc2)N(C(C)(C)C)C(S(C)(=O)=O)S1. The molecule has 6 heteroatoms. The molecule has 0 aromatic heterocycles. The summed E-state index contributed by atoms with van der Waals surface area (Å²) in [4.78, 5) is 3.05. The number of allylic oxidation sites excluding steroid dienone is 1. The Balaban J connectivity index is 2.75. The standard InChI is InChI=1S/C18H27NO3S2/c1-17(2,3)15-14(12-8-10-13(20)11-9-12)19(18(4,5)6)16(23-15)24(7,21)22/h8-11,16,20H,1-7H3. The Morgan fingerprint density at radius 2 is 1.54 bits per heavy atom. The number of phenolic OH excluding ortho intramolecular Hbond substituents is 1. The van der Waals surface area contributed by atoms with E-state index in [9.17, 15) is 13.5 Å². The van der Waals surface area contributed by atoms with Gasteiger partial charge in [-0.25, -0.2) is 8.42 Å². The maximum absolute atomic E-state index is 12.5. The van der Waals surface area contributed by atoms with Crippen LogP contribution in [0.15, 0.2) is 29.2 Å². The molecule has 1 atom stereocenters. The van der Waals surface area contributed by atoms with Gasteiger partial charge in [0, 0.05) is 16.7 Å². The summed E-state index contributed by atoms with van der Waals surface area (Å²) in [6.07, 6.45) is 1.30. The second kappa shape index (κ2) is 5.99. The first kappa shape index (κ1) is 19.2. The Hall–Kier alpha value is -1.14. The van der Waals surface area contributed by atoms with E-state index >= 15 is 0 Å². The summed E-state index contributed by atoms with van der Waals surface area (Å²) < 4.78 is 24.3. The van der Waals surface area contributed by atoms with Crippen LogP contribution in [0.1, 0.15) is 47.1 Å². The molecule has 1 unspecified atom stereocenters. The van der Waals surface area contributed by atoms with Crippen molar-refractivity contribution < 1.29 is 13.5 Å². The van der Waals surface area contributed by atoms with Crippen molar-refractivity contribution in [3.8, 4) is 5.75 Å². The van der Waals surface area contributed by atoms with E-state index in [0.29, 0.717) is 0 Å². The Bertz CT molecular complexity index is 751. The molecule has 1 aromatic rings. The quantitative estimate of drug-likeness (QED) is 0.843. The molecule has 24 heavy (non-hydrogen) atoms. The van der Waals surface area contributed by atoms with Gasteiger partial charge in [0.15, 0.2) is 14.5 Å². The predicted molar refractivity (Wildman–Crippen MR) is 102 cm³/mol. The molecule has 0 spiro atoms. The van der Waals surface area contributed by atoms with Gasteiger partial charge in [0.05, 0.1) is 5.70 Å². The lowest BCUT2D eigenvalue weighted by molar-refractivity contribution is 0.240. The van der Waals surface area contributed by atoms with Gasteiger partial charge in [0.1, 0.15) is 5.75 Å². The van der Waals surface area contributed by atoms with E-state index in [0.717, 1.165) is 16.2 Å². The minimum atomic E-state index is -3.28. The molecule has 0 radical (unpaired) electrons. The van der Waals surface area contributed by atoms with E-state index < -0.39 is 14.5 Å². The number of thioether (sulfide) groups is 1. The number of nitrogens with zero attached hydrogens (tertiary/aromatic N) is 1. The van der Waals surface area contributed by atoms with Crippen LogP contribution in [-0.4, -0.2) is 34.9 Å². The highest BCUT2D eigenvalue weighted by atomic mass is 32.3. The Morgan fingerprint density at radius 3 is 1.92 bits per heavy atom. The third-order valence-electron chi connectivity index (χ3n) is 3.80. The maximum Gasteiger partial charge on any atom is 0.183 e. The number of benzene rings is 1. The Kier molecular flexibility index (Phi) is 4.79. The summed E-state index contributed by atoms with van der Waals surface area (Å²) in [7, 11) is -3.28. The highest BCUT2D eigenvalue weighted by Gasteiger charge is 2.46. The molecule has 0 amide bonds. The summed E-state index contributed by atoms with van der Waals surface area (Å²) in [6.45, 7) is 12.4. The van der Waals surface area contributed by atoms with Gasteiger partial charge < -0.3 is 10.0 Å². The van der Waals surface area contributed by atoms with Gasteiger partial charge in [0.2, 0.25) is 0 Å². The molecule has 1 aliphatic heterocycles. The fraction of sp³-hybridized carbons (Fsp3) is 0.556. The fourth-order valence-electron chi connectivity index (χ4n) is 2.78. The van der Waals surface area contributed by atoms with E-state index in [4.69, 9.17) is 0 Å². The minimum absolute atomic E-state index is 0.180. The Morgan fingerprint density at radius 1 is 1.04 bits per heavy atom. The number of rotatable bonds is 2. The van der Waals surface area contributed by atoms with E-state index in [1.165, 1.54) is 18.0 Å². The molecule has 0 fully saturated rings. The first-order chi connectivity index (χ1) is 10.7. The van der Waals surface area contributed by atoms with Crippen LogP contribution >= 0.6 is 11.8 Å². The zero-order chi connectivity index (χ0) is 18.5. The Labute approximate surface area is 149 Å². The van der Waals surface area contributed by atoms with Crippen molar-refractivity contribution in [1.82, 2.24) is 4.90 Å². The lowest BCUT2D eigenvalue weighted by Gasteiger charge is -2.39. The average molecular weight is 370 g/mol. The molecule has 0 aliphatic carbocycles. The van der Waals surface area contributed by atoms with Crippen molar-refractivity contribution in [2.24, 2.45) is 5.41 Å². The van der Waals surface area contributed by atoms with Gasteiger partial charge in [-0.3, -0.25) is 0 Å². The van der Waals surface area contributed by atoms with Crippen LogP contribution in [0.25, 0.3) is 5.70 Å². The van der Waals surface area contributed by atoms with Gasteiger partial charge >= 0.3 is 0 Å².